The summed E-state index contributed by atoms with van der Waals surface area (Å²) in [6, 6.07) is 6.61. The third kappa shape index (κ3) is 7.70. The van der Waals surface area contributed by atoms with Crippen LogP contribution in [0.15, 0.2) is 18.2 Å². The minimum absolute atomic E-state index is 0.0481. The van der Waals surface area contributed by atoms with Gasteiger partial charge in [0.2, 0.25) is 0 Å². The van der Waals surface area contributed by atoms with Gasteiger partial charge in [0.1, 0.15) is 5.75 Å². The molecule has 0 amide bonds. The average Bonchev–Trinajstić information content (AvgIpc) is 2.43. The number of benzene rings is 1. The van der Waals surface area contributed by atoms with Crippen LogP contribution in [0, 0.1) is 0 Å². The van der Waals surface area contributed by atoms with E-state index >= 15 is 0 Å². The van der Waals surface area contributed by atoms with Crippen LogP contribution in [0.1, 0.15) is 91.2 Å². The number of ether oxygens (including phenoxy) is 2. The van der Waals surface area contributed by atoms with Crippen LogP contribution in [-0.4, -0.2) is 18.3 Å². The van der Waals surface area contributed by atoms with E-state index in [9.17, 15) is 0 Å². The van der Waals surface area contributed by atoms with Crippen LogP contribution < -0.4 is 4.74 Å². The maximum Gasteiger partial charge on any atom is 0.122 e. The van der Waals surface area contributed by atoms with Crippen LogP contribution in [0.4, 0.5) is 0 Å². The molecule has 2 heteroatoms. The first-order chi connectivity index (χ1) is 11.0. The molecule has 1 aromatic carbocycles. The fourth-order valence-electron chi connectivity index (χ4n) is 3.28. The lowest BCUT2D eigenvalue weighted by Gasteiger charge is -2.34. The van der Waals surface area contributed by atoms with E-state index in [-0.39, 0.29) is 11.2 Å². The molecule has 0 aromatic heterocycles. The van der Waals surface area contributed by atoms with E-state index in [0.717, 1.165) is 18.6 Å². The standard InChI is InChI=1S/C22H38O2/c1-17(2)18-13-14-20(23-8)19(16-18)12-10-9-11-15-22(6,7)24-21(3,4)5/h13-14,16-17H,9-12,15H2,1-8H3. The summed E-state index contributed by atoms with van der Waals surface area (Å²) in [7, 11) is 1.76. The summed E-state index contributed by atoms with van der Waals surface area (Å²) < 4.78 is 11.7. The molecule has 1 rings (SSSR count). The second-order valence-electron chi connectivity index (χ2n) is 8.76. The first kappa shape index (κ1) is 21.0. The lowest BCUT2D eigenvalue weighted by Crippen LogP contribution is -2.34. The normalized spacial score (nSPS) is 12.7. The Balaban J connectivity index is 2.46. The summed E-state index contributed by atoms with van der Waals surface area (Å²) in [6.07, 6.45) is 5.82. The molecule has 0 heterocycles. The molecule has 0 aliphatic rings. The molecule has 0 radical (unpaired) electrons. The monoisotopic (exact) mass is 334 g/mol. The highest BCUT2D eigenvalue weighted by molar-refractivity contribution is 5.38. The summed E-state index contributed by atoms with van der Waals surface area (Å²) in [5.41, 5.74) is 2.61. The molecule has 1 aromatic rings. The third-order valence-electron chi connectivity index (χ3n) is 4.28. The number of hydrogen-bond acceptors (Lipinski definition) is 2. The Hall–Kier alpha value is -1.02. The Bertz CT molecular complexity index is 495. The van der Waals surface area contributed by atoms with Crippen LogP contribution in [0.25, 0.3) is 0 Å². The lowest BCUT2D eigenvalue weighted by molar-refractivity contribution is -0.116. The number of hydrogen-bond donors (Lipinski definition) is 0. The van der Waals surface area contributed by atoms with E-state index in [2.05, 4.69) is 66.7 Å². The topological polar surface area (TPSA) is 18.5 Å². The zero-order valence-electron chi connectivity index (χ0n) is 17.2. The molecule has 0 saturated carbocycles. The summed E-state index contributed by atoms with van der Waals surface area (Å²) >= 11 is 0. The van der Waals surface area contributed by atoms with Crippen molar-refractivity contribution in [2.75, 3.05) is 7.11 Å². The number of aryl methyl sites for hydroxylation is 1. The Kier molecular flexibility index (Phi) is 7.79. The highest BCUT2D eigenvalue weighted by atomic mass is 16.5. The molecule has 24 heavy (non-hydrogen) atoms. The SMILES string of the molecule is COc1ccc(C(C)C)cc1CCCCCC(C)(C)OC(C)(C)C. The Labute approximate surface area is 149 Å². The van der Waals surface area contributed by atoms with Crippen molar-refractivity contribution in [2.45, 2.75) is 97.7 Å². The molecule has 0 unspecified atom stereocenters. The molecule has 2 nitrogen and oxygen atoms in total. The van der Waals surface area contributed by atoms with Gasteiger partial charge in [-0.2, -0.15) is 0 Å². The van der Waals surface area contributed by atoms with Gasteiger partial charge in [-0.25, -0.2) is 0 Å². The molecule has 0 spiro atoms. The van der Waals surface area contributed by atoms with Gasteiger partial charge >= 0.3 is 0 Å². The molecule has 0 fully saturated rings. The van der Waals surface area contributed by atoms with E-state index in [0.29, 0.717) is 5.92 Å². The van der Waals surface area contributed by atoms with Crippen LogP contribution in [-0.2, 0) is 11.2 Å². The summed E-state index contributed by atoms with van der Waals surface area (Å²) in [6.45, 7) is 15.3. The second kappa shape index (κ2) is 8.89. The fourth-order valence-corrected chi connectivity index (χ4v) is 3.28. The second-order valence-corrected chi connectivity index (χ2v) is 8.76. The van der Waals surface area contributed by atoms with Crippen molar-refractivity contribution in [3.8, 4) is 5.75 Å². The van der Waals surface area contributed by atoms with Crippen molar-refractivity contribution in [3.05, 3.63) is 29.3 Å². The molecule has 0 N–H and O–H groups in total. The lowest BCUT2D eigenvalue weighted by atomic mass is 9.95. The van der Waals surface area contributed by atoms with Gasteiger partial charge in [-0.3, -0.25) is 0 Å². The Morgan fingerprint density at radius 1 is 0.958 bits per heavy atom. The van der Waals surface area contributed by atoms with E-state index in [1.54, 1.807) is 7.11 Å². The highest BCUT2D eigenvalue weighted by Crippen LogP contribution is 2.27. The van der Waals surface area contributed by atoms with Crippen molar-refractivity contribution in [1.29, 1.82) is 0 Å². The van der Waals surface area contributed by atoms with Crippen molar-refractivity contribution in [2.24, 2.45) is 0 Å². The zero-order chi connectivity index (χ0) is 18.4. The predicted molar refractivity (Wildman–Crippen MR) is 104 cm³/mol. The molecule has 138 valence electrons. The number of unbranched alkanes of at least 4 members (excludes halogenated alkanes) is 2. The Morgan fingerprint density at radius 3 is 2.17 bits per heavy atom. The summed E-state index contributed by atoms with van der Waals surface area (Å²) in [5, 5.41) is 0. The number of methoxy groups -OCH3 is 1. The van der Waals surface area contributed by atoms with Gasteiger partial charge in [0.05, 0.1) is 18.3 Å². The zero-order valence-corrected chi connectivity index (χ0v) is 17.2. The molecule has 0 bridgehead atoms. The van der Waals surface area contributed by atoms with Gasteiger partial charge in [0.25, 0.3) is 0 Å². The fraction of sp³-hybridized carbons (Fsp3) is 0.727. The largest absolute Gasteiger partial charge is 0.496 e. The molecule has 0 aliphatic carbocycles. The van der Waals surface area contributed by atoms with Gasteiger partial charge in [-0.05, 0) is 77.0 Å². The smallest absolute Gasteiger partial charge is 0.122 e. The summed E-state index contributed by atoms with van der Waals surface area (Å²) in [4.78, 5) is 0. The van der Waals surface area contributed by atoms with E-state index < -0.39 is 0 Å². The van der Waals surface area contributed by atoms with Crippen LogP contribution in [0.5, 0.6) is 5.75 Å². The molecule has 0 atom stereocenters. The highest BCUT2D eigenvalue weighted by Gasteiger charge is 2.24. The predicted octanol–water partition coefficient (Wildman–Crippen LogP) is 6.52. The van der Waals surface area contributed by atoms with E-state index in [1.807, 2.05) is 0 Å². The van der Waals surface area contributed by atoms with E-state index in [4.69, 9.17) is 9.47 Å². The van der Waals surface area contributed by atoms with Gasteiger partial charge in [0, 0.05) is 0 Å². The van der Waals surface area contributed by atoms with Gasteiger partial charge in [-0.15, -0.1) is 0 Å². The first-order valence-electron chi connectivity index (χ1n) is 9.41. The average molecular weight is 335 g/mol. The van der Waals surface area contributed by atoms with Gasteiger partial charge in [0.15, 0.2) is 0 Å². The molecular formula is C22H38O2. The molecular weight excluding hydrogens is 296 g/mol. The maximum absolute atomic E-state index is 6.15. The van der Waals surface area contributed by atoms with Crippen LogP contribution >= 0.6 is 0 Å². The Morgan fingerprint density at radius 2 is 1.62 bits per heavy atom. The van der Waals surface area contributed by atoms with Crippen molar-refractivity contribution >= 4 is 0 Å². The quantitative estimate of drug-likeness (QED) is 0.479. The van der Waals surface area contributed by atoms with Gasteiger partial charge in [-0.1, -0.05) is 38.8 Å². The summed E-state index contributed by atoms with van der Waals surface area (Å²) in [5.74, 6) is 1.58. The molecule has 0 aliphatic heterocycles. The third-order valence-corrected chi connectivity index (χ3v) is 4.28. The minimum Gasteiger partial charge on any atom is -0.496 e. The first-order valence-corrected chi connectivity index (χ1v) is 9.41. The minimum atomic E-state index is -0.0752. The van der Waals surface area contributed by atoms with Crippen LogP contribution in [0.3, 0.4) is 0 Å². The van der Waals surface area contributed by atoms with E-state index in [1.165, 1.54) is 30.4 Å². The maximum atomic E-state index is 6.15. The number of rotatable bonds is 9. The van der Waals surface area contributed by atoms with Crippen molar-refractivity contribution in [1.82, 2.24) is 0 Å². The van der Waals surface area contributed by atoms with Crippen molar-refractivity contribution in [3.63, 3.8) is 0 Å². The van der Waals surface area contributed by atoms with Gasteiger partial charge < -0.3 is 9.47 Å². The van der Waals surface area contributed by atoms with Crippen molar-refractivity contribution < 1.29 is 9.47 Å². The van der Waals surface area contributed by atoms with Crippen LogP contribution in [0.2, 0.25) is 0 Å². The molecule has 0 saturated heterocycles.